The lowest BCUT2D eigenvalue weighted by molar-refractivity contribution is 0.0208. The molecule has 4 rings (SSSR count). The molecule has 0 radical (unpaired) electrons. The number of hydrogen-bond donors (Lipinski definition) is 0. The van der Waals surface area contributed by atoms with Crippen LogP contribution in [0.3, 0.4) is 0 Å². The van der Waals surface area contributed by atoms with Crippen LogP contribution in [0.1, 0.15) is 36.9 Å². The molecule has 0 unspecified atom stereocenters. The summed E-state index contributed by atoms with van der Waals surface area (Å²) in [6.45, 7) is 7.84. The zero-order valence-electron chi connectivity index (χ0n) is 14.9. The predicted molar refractivity (Wildman–Crippen MR) is 96.8 cm³/mol. The van der Waals surface area contributed by atoms with Crippen LogP contribution in [-0.4, -0.2) is 39.0 Å². The van der Waals surface area contributed by atoms with Crippen LogP contribution >= 0.6 is 0 Å². The first kappa shape index (κ1) is 16.0. The van der Waals surface area contributed by atoms with Crippen molar-refractivity contribution in [1.29, 1.82) is 0 Å². The van der Waals surface area contributed by atoms with Gasteiger partial charge in [-0.3, -0.25) is 0 Å². The van der Waals surface area contributed by atoms with Crippen LogP contribution < -0.4 is 4.90 Å². The Hall–Kier alpha value is -2.47. The van der Waals surface area contributed by atoms with Crippen LogP contribution in [0, 0.1) is 6.92 Å². The van der Waals surface area contributed by atoms with Crippen molar-refractivity contribution in [2.75, 3.05) is 18.1 Å². The molecule has 0 N–H and O–H groups in total. The number of aromatic nitrogens is 4. The molecule has 3 heterocycles. The van der Waals surface area contributed by atoms with Gasteiger partial charge in [-0.2, -0.15) is 4.52 Å². The Kier molecular flexibility index (Phi) is 4.13. The molecule has 0 amide bonds. The van der Waals surface area contributed by atoms with E-state index in [-0.39, 0.29) is 12.1 Å². The Bertz CT molecular complexity index is 890. The second kappa shape index (κ2) is 6.44. The fourth-order valence-electron chi connectivity index (χ4n) is 3.41. The van der Waals surface area contributed by atoms with Crippen molar-refractivity contribution in [1.82, 2.24) is 19.8 Å². The van der Waals surface area contributed by atoms with E-state index in [1.165, 1.54) is 11.1 Å². The summed E-state index contributed by atoms with van der Waals surface area (Å²) in [5, 5.41) is 13.2. The Morgan fingerprint density at radius 3 is 2.80 bits per heavy atom. The van der Waals surface area contributed by atoms with Gasteiger partial charge in [-0.15, -0.1) is 15.3 Å². The van der Waals surface area contributed by atoms with Gasteiger partial charge in [0, 0.05) is 6.42 Å². The highest BCUT2D eigenvalue weighted by Gasteiger charge is 2.29. The summed E-state index contributed by atoms with van der Waals surface area (Å²) in [6, 6.07) is 12.7. The first-order valence-corrected chi connectivity index (χ1v) is 8.82. The highest BCUT2D eigenvalue weighted by atomic mass is 16.5. The molecular weight excluding hydrogens is 314 g/mol. The van der Waals surface area contributed by atoms with Gasteiger partial charge in [0.2, 0.25) is 0 Å². The van der Waals surface area contributed by atoms with Gasteiger partial charge in [0.25, 0.3) is 0 Å². The molecule has 0 saturated carbocycles. The minimum absolute atomic E-state index is 0.0569. The summed E-state index contributed by atoms with van der Waals surface area (Å²) >= 11 is 0. The third-order valence-corrected chi connectivity index (χ3v) is 4.89. The third kappa shape index (κ3) is 2.87. The molecule has 0 bridgehead atoms. The summed E-state index contributed by atoms with van der Waals surface area (Å²) < 4.78 is 7.97. The summed E-state index contributed by atoms with van der Waals surface area (Å²) in [5.41, 5.74) is 3.30. The fourth-order valence-corrected chi connectivity index (χ4v) is 3.41. The Morgan fingerprint density at radius 1 is 1.16 bits per heavy atom. The molecule has 1 aromatic carbocycles. The largest absolute Gasteiger partial charge is 0.370 e. The molecule has 1 fully saturated rings. The molecule has 6 heteroatoms. The number of fused-ring (bicyclic) bond motifs is 1. The Morgan fingerprint density at radius 2 is 2.00 bits per heavy atom. The van der Waals surface area contributed by atoms with Gasteiger partial charge in [-0.05, 0) is 37.1 Å². The van der Waals surface area contributed by atoms with Crippen molar-refractivity contribution >= 4 is 11.5 Å². The number of ether oxygens (including phenoxy) is 1. The van der Waals surface area contributed by atoms with Gasteiger partial charge in [-0.25, -0.2) is 0 Å². The number of nitrogens with zero attached hydrogens (tertiary/aromatic N) is 5. The van der Waals surface area contributed by atoms with Crippen LogP contribution in [0.15, 0.2) is 36.4 Å². The number of rotatable bonds is 3. The molecule has 25 heavy (non-hydrogen) atoms. The lowest BCUT2D eigenvalue weighted by atomic mass is 10.0. The first-order chi connectivity index (χ1) is 12.2. The number of hydrogen-bond acceptors (Lipinski definition) is 5. The van der Waals surface area contributed by atoms with E-state index >= 15 is 0 Å². The van der Waals surface area contributed by atoms with Crippen molar-refractivity contribution in [3.05, 3.63) is 53.3 Å². The van der Waals surface area contributed by atoms with Gasteiger partial charge in [0.1, 0.15) is 11.9 Å². The third-order valence-electron chi connectivity index (χ3n) is 4.89. The van der Waals surface area contributed by atoms with E-state index < -0.39 is 0 Å². The standard InChI is InChI=1S/C19H23N5O/c1-4-17-20-21-18-9-10-19(22-24(17)18)23-11-16(25-12-14(23)3)15-8-6-5-7-13(15)2/h5-10,14,16H,4,11-12H2,1-3H3/t14-,16+/m1/s1. The van der Waals surface area contributed by atoms with Crippen molar-refractivity contribution in [2.45, 2.75) is 39.3 Å². The molecule has 0 aliphatic carbocycles. The Labute approximate surface area is 147 Å². The zero-order valence-corrected chi connectivity index (χ0v) is 14.9. The normalized spacial score (nSPS) is 21.0. The molecule has 130 valence electrons. The molecule has 1 aliphatic rings. The van der Waals surface area contributed by atoms with Crippen molar-refractivity contribution in [3.8, 4) is 0 Å². The minimum Gasteiger partial charge on any atom is -0.370 e. The molecule has 2 aromatic heterocycles. The van der Waals surface area contributed by atoms with Crippen molar-refractivity contribution in [2.24, 2.45) is 0 Å². The van der Waals surface area contributed by atoms with Gasteiger partial charge in [-0.1, -0.05) is 31.2 Å². The second-order valence-electron chi connectivity index (χ2n) is 6.61. The van der Waals surface area contributed by atoms with E-state index in [0.717, 1.165) is 30.3 Å². The quantitative estimate of drug-likeness (QED) is 0.735. The lowest BCUT2D eigenvalue weighted by Gasteiger charge is -2.39. The average Bonchev–Trinajstić information content (AvgIpc) is 3.05. The maximum Gasteiger partial charge on any atom is 0.178 e. The van der Waals surface area contributed by atoms with Gasteiger partial charge in [0.05, 0.1) is 19.2 Å². The maximum atomic E-state index is 6.13. The van der Waals surface area contributed by atoms with E-state index in [9.17, 15) is 0 Å². The van der Waals surface area contributed by atoms with Crippen LogP contribution in [0.4, 0.5) is 5.82 Å². The number of benzene rings is 1. The molecular formula is C19H23N5O. The number of morpholine rings is 1. The lowest BCUT2D eigenvalue weighted by Crippen LogP contribution is -2.45. The Balaban J connectivity index is 1.67. The second-order valence-corrected chi connectivity index (χ2v) is 6.61. The zero-order chi connectivity index (χ0) is 17.4. The van der Waals surface area contributed by atoms with Gasteiger partial charge >= 0.3 is 0 Å². The van der Waals surface area contributed by atoms with Gasteiger partial charge < -0.3 is 9.64 Å². The van der Waals surface area contributed by atoms with E-state index in [4.69, 9.17) is 9.84 Å². The fraction of sp³-hybridized carbons (Fsp3) is 0.421. The smallest absolute Gasteiger partial charge is 0.178 e. The van der Waals surface area contributed by atoms with Crippen LogP contribution in [-0.2, 0) is 11.2 Å². The van der Waals surface area contributed by atoms with E-state index in [1.54, 1.807) is 0 Å². The highest BCUT2D eigenvalue weighted by Crippen LogP contribution is 2.29. The average molecular weight is 337 g/mol. The minimum atomic E-state index is 0.0569. The summed E-state index contributed by atoms with van der Waals surface area (Å²) in [5.74, 6) is 1.82. The monoisotopic (exact) mass is 337 g/mol. The van der Waals surface area contributed by atoms with Crippen LogP contribution in [0.25, 0.3) is 5.65 Å². The van der Waals surface area contributed by atoms with Crippen LogP contribution in [0.5, 0.6) is 0 Å². The predicted octanol–water partition coefficient (Wildman–Crippen LogP) is 2.96. The number of anilines is 1. The molecule has 1 aliphatic heterocycles. The molecule has 0 spiro atoms. The SMILES string of the molecule is CCc1nnc2ccc(N3C[C@@H](c4ccccc4C)OC[C@H]3C)nn12. The van der Waals surface area contributed by atoms with Crippen molar-refractivity contribution in [3.63, 3.8) is 0 Å². The summed E-state index contributed by atoms with van der Waals surface area (Å²) in [4.78, 5) is 2.32. The topological polar surface area (TPSA) is 55.5 Å². The van der Waals surface area contributed by atoms with E-state index in [2.05, 4.69) is 60.1 Å². The molecule has 1 saturated heterocycles. The van der Waals surface area contributed by atoms with E-state index in [1.807, 2.05) is 16.6 Å². The van der Waals surface area contributed by atoms with E-state index in [0.29, 0.717) is 6.61 Å². The molecule has 3 aromatic rings. The highest BCUT2D eigenvalue weighted by molar-refractivity contribution is 5.47. The summed E-state index contributed by atoms with van der Waals surface area (Å²) in [7, 11) is 0. The molecule has 2 atom stereocenters. The van der Waals surface area contributed by atoms with Crippen LogP contribution in [0.2, 0.25) is 0 Å². The maximum absolute atomic E-state index is 6.13. The van der Waals surface area contributed by atoms with Crippen molar-refractivity contribution < 1.29 is 4.74 Å². The first-order valence-electron chi connectivity index (χ1n) is 8.82. The molecule has 6 nitrogen and oxygen atoms in total. The van der Waals surface area contributed by atoms with Gasteiger partial charge in [0.15, 0.2) is 11.5 Å². The number of aryl methyl sites for hydroxylation is 2. The summed E-state index contributed by atoms with van der Waals surface area (Å²) in [6.07, 6.45) is 0.865.